The molecule has 1 fully saturated rings. The van der Waals surface area contributed by atoms with E-state index < -0.39 is 21.2 Å². The van der Waals surface area contributed by atoms with Crippen molar-refractivity contribution in [3.63, 3.8) is 0 Å². The minimum Gasteiger partial charge on any atom is -0.465 e. The van der Waals surface area contributed by atoms with Crippen LogP contribution < -0.4 is 0 Å². The Kier molecular flexibility index (Phi) is 5.52. The summed E-state index contributed by atoms with van der Waals surface area (Å²) >= 11 is 0. The summed E-state index contributed by atoms with van der Waals surface area (Å²) in [6.07, 6.45) is 3.46. The molecule has 23 heavy (non-hydrogen) atoms. The summed E-state index contributed by atoms with van der Waals surface area (Å²) in [5.74, 6) is 1.03. The number of sulfonamides is 1. The van der Waals surface area contributed by atoms with Crippen LogP contribution in [0, 0.1) is 6.92 Å². The van der Waals surface area contributed by atoms with Gasteiger partial charge < -0.3 is 9.32 Å². The maximum absolute atomic E-state index is 13.0. The lowest BCUT2D eigenvalue weighted by molar-refractivity contribution is -0.128. The summed E-state index contributed by atoms with van der Waals surface area (Å²) in [7, 11) is -0.588. The maximum Gasteiger partial charge on any atom is 0.241 e. The summed E-state index contributed by atoms with van der Waals surface area (Å²) < 4.78 is 33.2. The van der Waals surface area contributed by atoms with Gasteiger partial charge >= 0.3 is 0 Å². The molecule has 0 unspecified atom stereocenters. The third-order valence-corrected chi connectivity index (χ3v) is 6.54. The molecule has 1 amide bonds. The van der Waals surface area contributed by atoms with E-state index in [1.165, 1.54) is 16.1 Å². The molecule has 0 saturated carbocycles. The zero-order valence-corrected chi connectivity index (χ0v) is 15.1. The molecule has 1 aliphatic rings. The lowest BCUT2D eigenvalue weighted by atomic mass is 10.1. The lowest BCUT2D eigenvalue weighted by Gasteiger charge is -2.30. The molecule has 0 radical (unpaired) electrons. The quantitative estimate of drug-likeness (QED) is 0.842. The largest absolute Gasteiger partial charge is 0.465 e. The first-order valence-corrected chi connectivity index (χ1v) is 9.53. The van der Waals surface area contributed by atoms with Crippen LogP contribution in [0.25, 0.3) is 0 Å². The highest BCUT2D eigenvalue weighted by Crippen LogP contribution is 2.34. The number of aryl methyl sites for hydroxylation is 1. The van der Waals surface area contributed by atoms with Crippen molar-refractivity contribution >= 4 is 15.9 Å². The lowest BCUT2D eigenvalue weighted by Crippen LogP contribution is -2.46. The van der Waals surface area contributed by atoms with Gasteiger partial charge in [-0.1, -0.05) is 12.8 Å². The second-order valence-corrected chi connectivity index (χ2v) is 8.55. The third kappa shape index (κ3) is 3.77. The Morgan fingerprint density at radius 1 is 1.30 bits per heavy atom. The number of rotatable bonds is 4. The van der Waals surface area contributed by atoms with Crippen LogP contribution in [-0.2, 0) is 14.8 Å². The zero-order valence-electron chi connectivity index (χ0n) is 14.3. The van der Waals surface area contributed by atoms with Crippen LogP contribution in [0.1, 0.15) is 50.2 Å². The highest BCUT2D eigenvalue weighted by atomic mass is 32.2. The van der Waals surface area contributed by atoms with Crippen molar-refractivity contribution in [1.82, 2.24) is 9.21 Å². The van der Waals surface area contributed by atoms with Crippen LogP contribution in [0.5, 0.6) is 0 Å². The fraction of sp³-hybridized carbons (Fsp3) is 0.688. The Bertz CT molecular complexity index is 651. The smallest absolute Gasteiger partial charge is 0.241 e. The van der Waals surface area contributed by atoms with Crippen molar-refractivity contribution < 1.29 is 17.6 Å². The molecule has 7 heteroatoms. The molecule has 0 aromatic carbocycles. The molecule has 1 aliphatic heterocycles. The van der Waals surface area contributed by atoms with E-state index in [9.17, 15) is 13.2 Å². The van der Waals surface area contributed by atoms with E-state index in [2.05, 4.69) is 0 Å². The molecular formula is C16H26N2O4S. The van der Waals surface area contributed by atoms with E-state index in [4.69, 9.17) is 4.42 Å². The first-order valence-electron chi connectivity index (χ1n) is 8.03. The van der Waals surface area contributed by atoms with E-state index in [1.807, 2.05) is 19.1 Å². The second kappa shape index (κ2) is 7.05. The molecule has 1 aromatic heterocycles. The second-order valence-electron chi connectivity index (χ2n) is 6.34. The molecule has 2 heterocycles. The summed E-state index contributed by atoms with van der Waals surface area (Å²) in [6.45, 7) is 3.74. The van der Waals surface area contributed by atoms with Gasteiger partial charge in [0.2, 0.25) is 15.9 Å². The van der Waals surface area contributed by atoms with E-state index >= 15 is 0 Å². The van der Waals surface area contributed by atoms with Crippen molar-refractivity contribution in [3.05, 3.63) is 23.7 Å². The number of carbonyl (C=O) groups excluding carboxylic acids is 1. The van der Waals surface area contributed by atoms with Gasteiger partial charge in [0.25, 0.3) is 0 Å². The standard InChI is InChI=1S/C16H26N2O4S/c1-12-9-10-15(22-12)14-8-6-5-7-11-18(14)23(20,21)13(2)16(19)17(3)4/h9-10,13-14H,5-8,11H2,1-4H3/t13-,14+/m0/s1. The average Bonchev–Trinajstić information content (AvgIpc) is 2.77. The predicted octanol–water partition coefficient (Wildman–Crippen LogP) is 2.31. The van der Waals surface area contributed by atoms with Crippen molar-refractivity contribution in [2.45, 2.75) is 50.8 Å². The molecule has 2 rings (SSSR count). The SMILES string of the molecule is Cc1ccc([C@H]2CCCCCN2S(=O)(=O)[C@@H](C)C(=O)N(C)C)o1. The molecule has 6 nitrogen and oxygen atoms in total. The van der Waals surface area contributed by atoms with Gasteiger partial charge in [0, 0.05) is 20.6 Å². The van der Waals surface area contributed by atoms with Gasteiger partial charge in [-0.25, -0.2) is 8.42 Å². The number of amides is 1. The van der Waals surface area contributed by atoms with Crippen LogP contribution in [0.3, 0.4) is 0 Å². The van der Waals surface area contributed by atoms with E-state index in [1.54, 1.807) is 14.1 Å². The molecule has 0 spiro atoms. The summed E-state index contributed by atoms with van der Waals surface area (Å²) in [5, 5.41) is -1.09. The highest BCUT2D eigenvalue weighted by molar-refractivity contribution is 7.90. The van der Waals surface area contributed by atoms with Crippen LogP contribution in [0.2, 0.25) is 0 Å². The van der Waals surface area contributed by atoms with Gasteiger partial charge in [-0.2, -0.15) is 4.31 Å². The van der Waals surface area contributed by atoms with Crippen molar-refractivity contribution in [3.8, 4) is 0 Å². The van der Waals surface area contributed by atoms with Gasteiger partial charge in [-0.15, -0.1) is 0 Å². The fourth-order valence-electron chi connectivity index (χ4n) is 3.00. The molecule has 0 bridgehead atoms. The van der Waals surface area contributed by atoms with Gasteiger partial charge in [-0.3, -0.25) is 4.79 Å². The van der Waals surface area contributed by atoms with Crippen molar-refractivity contribution in [1.29, 1.82) is 0 Å². The van der Waals surface area contributed by atoms with Crippen LogP contribution in [0.15, 0.2) is 16.5 Å². The number of furan rings is 1. The van der Waals surface area contributed by atoms with E-state index in [-0.39, 0.29) is 6.04 Å². The molecule has 130 valence electrons. The van der Waals surface area contributed by atoms with Crippen molar-refractivity contribution in [2.24, 2.45) is 0 Å². The van der Waals surface area contributed by atoms with E-state index in [0.29, 0.717) is 12.3 Å². The summed E-state index contributed by atoms with van der Waals surface area (Å²) in [5.41, 5.74) is 0. The monoisotopic (exact) mass is 342 g/mol. The third-order valence-electron chi connectivity index (χ3n) is 4.36. The van der Waals surface area contributed by atoms with Gasteiger partial charge in [0.1, 0.15) is 11.5 Å². The zero-order chi connectivity index (χ0) is 17.2. The number of nitrogens with zero attached hydrogens (tertiary/aromatic N) is 2. The molecular weight excluding hydrogens is 316 g/mol. The van der Waals surface area contributed by atoms with Gasteiger partial charge in [-0.05, 0) is 38.8 Å². The normalized spacial score (nSPS) is 21.7. The molecule has 1 saturated heterocycles. The Balaban J connectivity index is 2.36. The molecule has 1 aromatic rings. The Morgan fingerprint density at radius 2 is 2.00 bits per heavy atom. The Morgan fingerprint density at radius 3 is 2.57 bits per heavy atom. The van der Waals surface area contributed by atoms with Crippen molar-refractivity contribution in [2.75, 3.05) is 20.6 Å². The average molecular weight is 342 g/mol. The minimum atomic E-state index is -3.74. The number of hydrogen-bond donors (Lipinski definition) is 0. The number of hydrogen-bond acceptors (Lipinski definition) is 4. The van der Waals surface area contributed by atoms with Gasteiger partial charge in [0.05, 0.1) is 6.04 Å². The maximum atomic E-state index is 13.0. The predicted molar refractivity (Wildman–Crippen MR) is 88.4 cm³/mol. The van der Waals surface area contributed by atoms with Crippen LogP contribution >= 0.6 is 0 Å². The molecule has 0 aliphatic carbocycles. The molecule has 2 atom stereocenters. The van der Waals surface area contributed by atoms with Gasteiger partial charge in [0.15, 0.2) is 5.25 Å². The summed E-state index contributed by atoms with van der Waals surface area (Å²) in [4.78, 5) is 13.5. The van der Waals surface area contributed by atoms with E-state index in [0.717, 1.165) is 31.4 Å². The Hall–Kier alpha value is -1.34. The Labute approximate surface area is 138 Å². The number of carbonyl (C=O) groups is 1. The van der Waals surface area contributed by atoms with Crippen LogP contribution in [0.4, 0.5) is 0 Å². The topological polar surface area (TPSA) is 70.8 Å². The minimum absolute atomic E-state index is 0.325. The fourth-order valence-corrected chi connectivity index (χ4v) is 4.82. The van der Waals surface area contributed by atoms with Crippen LogP contribution in [-0.4, -0.2) is 49.4 Å². The highest BCUT2D eigenvalue weighted by Gasteiger charge is 2.40. The first-order chi connectivity index (χ1) is 10.7. The first kappa shape index (κ1) is 18.0. The molecule has 0 N–H and O–H groups in total. The summed E-state index contributed by atoms with van der Waals surface area (Å²) in [6, 6.07) is 3.36.